The highest BCUT2D eigenvalue weighted by Crippen LogP contribution is 2.43. The van der Waals surface area contributed by atoms with Gasteiger partial charge in [-0.15, -0.1) is 0 Å². The van der Waals surface area contributed by atoms with Crippen molar-refractivity contribution in [3.8, 4) is 11.5 Å². The van der Waals surface area contributed by atoms with Gasteiger partial charge in [0.2, 0.25) is 0 Å². The smallest absolute Gasteiger partial charge is 0.283 e. The molecule has 5 aromatic rings. The molecule has 0 atom stereocenters. The zero-order chi connectivity index (χ0) is 36.6. The first-order chi connectivity index (χ1) is 24.8. The number of aromatic amines is 1. The molecule has 0 saturated carbocycles. The van der Waals surface area contributed by atoms with E-state index in [-0.39, 0.29) is 21.8 Å². The second-order valence-corrected chi connectivity index (χ2v) is 16.7. The lowest BCUT2D eigenvalue weighted by atomic mass is 9.72. The summed E-state index contributed by atoms with van der Waals surface area (Å²) in [5.41, 5.74) is 6.23. The lowest BCUT2D eigenvalue weighted by Crippen LogP contribution is -2.47. The molecule has 0 radical (unpaired) electrons. The van der Waals surface area contributed by atoms with E-state index in [0.717, 1.165) is 68.1 Å². The van der Waals surface area contributed by atoms with Crippen molar-refractivity contribution in [3.05, 3.63) is 112 Å². The van der Waals surface area contributed by atoms with Gasteiger partial charge in [-0.3, -0.25) is 9.69 Å². The van der Waals surface area contributed by atoms with E-state index in [4.69, 9.17) is 27.9 Å². The predicted molar refractivity (Wildman–Crippen MR) is 206 cm³/mol. The van der Waals surface area contributed by atoms with Crippen molar-refractivity contribution in [1.82, 2.24) is 24.6 Å². The second-order valence-electron chi connectivity index (χ2n) is 14.2. The van der Waals surface area contributed by atoms with Crippen molar-refractivity contribution < 1.29 is 17.9 Å². The molecule has 13 heteroatoms. The fourth-order valence-electron chi connectivity index (χ4n) is 6.90. The standard InChI is InChI=1S/C39H40Cl2N6O4S/c1-25-33(41)9-10-34(44-25)38(48)45-52(49,50)36-11-8-30(21-35(36)51-31-20-27-13-15-42-37(27)43-23-31)47-18-16-46(17-19-47)24-28-12-14-39(2,3)22-32(28)26-4-6-29(40)7-5-26/h4-11,13,15,20-21,23H,12,14,16-19,22,24H2,1-3H3,(H,42,43)(H,45,48). The van der Waals surface area contributed by atoms with E-state index in [1.807, 2.05) is 18.2 Å². The minimum absolute atomic E-state index is 0.0692. The summed E-state index contributed by atoms with van der Waals surface area (Å²) >= 11 is 12.3. The van der Waals surface area contributed by atoms with Crippen LogP contribution in [0.25, 0.3) is 16.6 Å². The van der Waals surface area contributed by atoms with Crippen molar-refractivity contribution >= 4 is 61.4 Å². The number of carbonyl (C=O) groups excluding carboxylic acids is 1. The molecule has 0 bridgehead atoms. The summed E-state index contributed by atoms with van der Waals surface area (Å²) in [7, 11) is -4.39. The van der Waals surface area contributed by atoms with Crippen molar-refractivity contribution in [3.63, 3.8) is 0 Å². The Balaban J connectivity index is 1.12. The van der Waals surface area contributed by atoms with Gasteiger partial charge in [0.05, 0.1) is 16.9 Å². The van der Waals surface area contributed by atoms with Gasteiger partial charge in [-0.1, -0.05) is 54.8 Å². The number of pyridine rings is 2. The average Bonchev–Trinajstić information content (AvgIpc) is 3.59. The Morgan fingerprint density at radius 2 is 1.77 bits per heavy atom. The Labute approximate surface area is 313 Å². The molecule has 1 aliphatic heterocycles. The number of H-pyrrole nitrogens is 1. The summed E-state index contributed by atoms with van der Waals surface area (Å²) in [6.07, 6.45) is 6.54. The number of amides is 1. The van der Waals surface area contributed by atoms with Gasteiger partial charge in [0, 0.05) is 61.1 Å². The lowest BCUT2D eigenvalue weighted by molar-refractivity contribution is 0.0976. The molecular weight excluding hydrogens is 719 g/mol. The number of aryl methyl sites for hydroxylation is 1. The van der Waals surface area contributed by atoms with Crippen LogP contribution in [0.5, 0.6) is 11.5 Å². The third kappa shape index (κ3) is 7.97. The van der Waals surface area contributed by atoms with Crippen LogP contribution in [-0.2, 0) is 10.0 Å². The highest BCUT2D eigenvalue weighted by molar-refractivity contribution is 7.90. The Bertz CT molecular complexity index is 2280. The molecule has 1 amide bonds. The summed E-state index contributed by atoms with van der Waals surface area (Å²) in [5, 5.41) is 1.92. The number of fused-ring (bicyclic) bond motifs is 1. The van der Waals surface area contributed by atoms with E-state index in [9.17, 15) is 13.2 Å². The fraction of sp³-hybridized carbons (Fsp3) is 0.308. The second kappa shape index (κ2) is 14.5. The van der Waals surface area contributed by atoms with Crippen LogP contribution in [0, 0.1) is 12.3 Å². The minimum Gasteiger partial charge on any atom is -0.454 e. The number of nitrogens with zero attached hydrogens (tertiary/aromatic N) is 4. The van der Waals surface area contributed by atoms with Crippen molar-refractivity contribution in [2.45, 2.75) is 44.9 Å². The van der Waals surface area contributed by atoms with Gasteiger partial charge in [0.1, 0.15) is 27.7 Å². The molecule has 0 unspecified atom stereocenters. The highest BCUT2D eigenvalue weighted by Gasteiger charge is 2.30. The quantitative estimate of drug-likeness (QED) is 0.154. The van der Waals surface area contributed by atoms with Gasteiger partial charge in [-0.25, -0.2) is 23.1 Å². The Kier molecular flexibility index (Phi) is 10.1. The summed E-state index contributed by atoms with van der Waals surface area (Å²) in [4.78, 5) is 29.2. The first kappa shape index (κ1) is 36.0. The summed E-state index contributed by atoms with van der Waals surface area (Å²) < 4.78 is 35.9. The molecule has 3 aromatic heterocycles. The molecule has 270 valence electrons. The molecule has 2 aromatic carbocycles. The molecule has 10 nitrogen and oxygen atoms in total. The summed E-state index contributed by atoms with van der Waals surface area (Å²) in [6.45, 7) is 10.4. The third-order valence-corrected chi connectivity index (χ3v) is 11.9. The SMILES string of the molecule is Cc1nc(C(=O)NS(=O)(=O)c2ccc(N3CCN(CC4=C(c5ccc(Cl)cc5)CC(C)(C)CC4)CC3)cc2Oc2cnc3[nH]ccc3c2)ccc1Cl. The molecule has 1 saturated heterocycles. The predicted octanol–water partition coefficient (Wildman–Crippen LogP) is 8.27. The van der Waals surface area contributed by atoms with E-state index in [2.05, 4.69) is 55.5 Å². The van der Waals surface area contributed by atoms with Crippen molar-refractivity contribution in [1.29, 1.82) is 0 Å². The fourth-order valence-corrected chi connectivity index (χ4v) is 8.20. The van der Waals surface area contributed by atoms with Crippen molar-refractivity contribution in [2.75, 3.05) is 37.6 Å². The number of sulfonamides is 1. The molecule has 7 rings (SSSR count). The maximum absolute atomic E-state index is 13.7. The maximum atomic E-state index is 13.7. The van der Waals surface area contributed by atoms with Crippen LogP contribution in [0.15, 0.2) is 89.6 Å². The van der Waals surface area contributed by atoms with Crippen LogP contribution >= 0.6 is 23.2 Å². The largest absolute Gasteiger partial charge is 0.454 e. The van der Waals surface area contributed by atoms with Gasteiger partial charge in [0.25, 0.3) is 15.9 Å². The number of aromatic nitrogens is 3. The first-order valence-corrected chi connectivity index (χ1v) is 19.5. The molecule has 0 spiro atoms. The Hall–Kier alpha value is -4.42. The Morgan fingerprint density at radius 3 is 2.52 bits per heavy atom. The van der Waals surface area contributed by atoms with Crippen LogP contribution in [0.3, 0.4) is 0 Å². The normalized spacial score (nSPS) is 16.7. The average molecular weight is 760 g/mol. The number of rotatable bonds is 9. The van der Waals surface area contributed by atoms with E-state index < -0.39 is 15.9 Å². The van der Waals surface area contributed by atoms with Crippen LogP contribution in [0.4, 0.5) is 5.69 Å². The molecule has 1 aliphatic carbocycles. The number of hydrogen-bond donors (Lipinski definition) is 2. The number of nitrogens with one attached hydrogen (secondary N) is 2. The number of ether oxygens (including phenoxy) is 1. The number of anilines is 1. The molecule has 2 N–H and O–H groups in total. The minimum atomic E-state index is -4.39. The van der Waals surface area contributed by atoms with E-state index in [0.29, 0.717) is 22.1 Å². The number of allylic oxidation sites excluding steroid dienone is 1. The number of halogens is 2. The molecular formula is C39H40Cl2N6O4S. The van der Waals surface area contributed by atoms with Gasteiger partial charge in [0.15, 0.2) is 0 Å². The number of carbonyl (C=O) groups is 1. The van der Waals surface area contributed by atoms with Gasteiger partial charge in [-0.2, -0.15) is 0 Å². The van der Waals surface area contributed by atoms with Crippen LogP contribution < -0.4 is 14.4 Å². The van der Waals surface area contributed by atoms with Crippen LogP contribution in [0.2, 0.25) is 10.0 Å². The third-order valence-electron chi connectivity index (χ3n) is 9.83. The van der Waals surface area contributed by atoms with Gasteiger partial charge >= 0.3 is 0 Å². The van der Waals surface area contributed by atoms with E-state index in [1.54, 1.807) is 31.3 Å². The van der Waals surface area contributed by atoms with Crippen molar-refractivity contribution in [2.24, 2.45) is 5.41 Å². The van der Waals surface area contributed by atoms with Gasteiger partial charge in [-0.05, 0) is 91.3 Å². The number of hydrogen-bond acceptors (Lipinski definition) is 8. The first-order valence-electron chi connectivity index (χ1n) is 17.2. The van der Waals surface area contributed by atoms with E-state index in [1.165, 1.54) is 41.1 Å². The lowest BCUT2D eigenvalue weighted by Gasteiger charge is -2.39. The molecule has 1 fully saturated rings. The van der Waals surface area contributed by atoms with E-state index >= 15 is 0 Å². The maximum Gasteiger partial charge on any atom is 0.283 e. The number of piperazine rings is 1. The molecule has 4 heterocycles. The van der Waals surface area contributed by atoms with Gasteiger partial charge < -0.3 is 14.6 Å². The zero-order valence-electron chi connectivity index (χ0n) is 29.2. The highest BCUT2D eigenvalue weighted by atomic mass is 35.5. The van der Waals surface area contributed by atoms with Crippen LogP contribution in [0.1, 0.15) is 54.9 Å². The summed E-state index contributed by atoms with van der Waals surface area (Å²) in [6, 6.07) is 19.7. The monoisotopic (exact) mass is 758 g/mol. The Morgan fingerprint density at radius 1 is 1.00 bits per heavy atom. The van der Waals surface area contributed by atoms with Crippen LogP contribution in [-0.4, -0.2) is 66.9 Å². The summed E-state index contributed by atoms with van der Waals surface area (Å²) in [5.74, 6) is -0.454. The zero-order valence-corrected chi connectivity index (χ0v) is 31.6. The molecule has 52 heavy (non-hydrogen) atoms. The number of benzene rings is 2. The topological polar surface area (TPSA) is 121 Å². The molecule has 2 aliphatic rings.